The summed E-state index contributed by atoms with van der Waals surface area (Å²) in [5.41, 5.74) is -0.469. The molecule has 0 radical (unpaired) electrons. The van der Waals surface area contributed by atoms with E-state index in [1.165, 1.54) is 18.3 Å². The first-order valence-corrected chi connectivity index (χ1v) is 6.92. The highest BCUT2D eigenvalue weighted by Gasteiger charge is 2.38. The van der Waals surface area contributed by atoms with Gasteiger partial charge in [-0.15, -0.1) is 0 Å². The van der Waals surface area contributed by atoms with Crippen molar-refractivity contribution in [2.45, 2.75) is 26.1 Å². The Bertz CT molecular complexity index is 608. The fraction of sp³-hybridized carbons (Fsp3) is 0.357. The SMILES string of the molecule is CCCNCc1cnn(-c2ccccc2Cl)c1C(F)(F)F. The van der Waals surface area contributed by atoms with Gasteiger partial charge in [-0.1, -0.05) is 30.7 Å². The Balaban J connectivity index is 2.45. The third-order valence-electron chi connectivity index (χ3n) is 2.94. The van der Waals surface area contributed by atoms with Gasteiger partial charge in [0.15, 0.2) is 5.69 Å². The van der Waals surface area contributed by atoms with Crippen LogP contribution in [0.1, 0.15) is 24.6 Å². The third-order valence-corrected chi connectivity index (χ3v) is 3.26. The van der Waals surface area contributed by atoms with E-state index < -0.39 is 11.9 Å². The number of rotatable bonds is 5. The molecule has 0 saturated carbocycles. The summed E-state index contributed by atoms with van der Waals surface area (Å²) >= 11 is 5.97. The summed E-state index contributed by atoms with van der Waals surface area (Å²) < 4.78 is 40.9. The molecule has 3 nitrogen and oxygen atoms in total. The van der Waals surface area contributed by atoms with Crippen LogP contribution in [-0.2, 0) is 12.7 Å². The van der Waals surface area contributed by atoms with Crippen LogP contribution >= 0.6 is 11.6 Å². The molecule has 0 atom stereocenters. The molecule has 1 heterocycles. The second-order valence-corrected chi connectivity index (χ2v) is 4.96. The minimum Gasteiger partial charge on any atom is -0.313 e. The van der Waals surface area contributed by atoms with Gasteiger partial charge in [0.05, 0.1) is 16.9 Å². The van der Waals surface area contributed by atoms with Gasteiger partial charge >= 0.3 is 6.18 Å². The van der Waals surface area contributed by atoms with Gasteiger partial charge < -0.3 is 5.32 Å². The number of hydrogen-bond donors (Lipinski definition) is 1. The van der Waals surface area contributed by atoms with Crippen molar-refractivity contribution in [1.29, 1.82) is 0 Å². The van der Waals surface area contributed by atoms with Crippen molar-refractivity contribution < 1.29 is 13.2 Å². The van der Waals surface area contributed by atoms with Crippen LogP contribution in [-0.4, -0.2) is 16.3 Å². The highest BCUT2D eigenvalue weighted by Crippen LogP contribution is 2.34. The standard InChI is InChI=1S/C14H15ClF3N3/c1-2-7-19-8-10-9-20-21(13(10)14(16,17)18)12-6-4-3-5-11(12)15/h3-6,9,19H,2,7-8H2,1H3. The highest BCUT2D eigenvalue weighted by molar-refractivity contribution is 6.32. The first-order valence-electron chi connectivity index (χ1n) is 6.55. The number of nitrogens with zero attached hydrogens (tertiary/aromatic N) is 2. The Morgan fingerprint density at radius 1 is 1.29 bits per heavy atom. The zero-order chi connectivity index (χ0) is 15.5. The second-order valence-electron chi connectivity index (χ2n) is 4.56. The lowest BCUT2D eigenvalue weighted by Gasteiger charge is -2.14. The second kappa shape index (κ2) is 6.49. The summed E-state index contributed by atoms with van der Waals surface area (Å²) in [4.78, 5) is 0. The van der Waals surface area contributed by atoms with E-state index in [4.69, 9.17) is 11.6 Å². The Hall–Kier alpha value is -1.53. The highest BCUT2D eigenvalue weighted by atomic mass is 35.5. The largest absolute Gasteiger partial charge is 0.433 e. The zero-order valence-electron chi connectivity index (χ0n) is 11.4. The molecule has 0 bridgehead atoms. The van der Waals surface area contributed by atoms with Crippen LogP contribution in [0.4, 0.5) is 13.2 Å². The summed E-state index contributed by atoms with van der Waals surface area (Å²) in [6.07, 6.45) is -2.42. The van der Waals surface area contributed by atoms with Gasteiger partial charge in [0, 0.05) is 12.1 Å². The van der Waals surface area contributed by atoms with Crippen molar-refractivity contribution in [3.05, 3.63) is 46.7 Å². The smallest absolute Gasteiger partial charge is 0.313 e. The number of aromatic nitrogens is 2. The third kappa shape index (κ3) is 3.57. The number of nitrogens with one attached hydrogen (secondary N) is 1. The molecular weight excluding hydrogens is 303 g/mol. The maximum Gasteiger partial charge on any atom is 0.433 e. The molecule has 114 valence electrons. The predicted molar refractivity (Wildman–Crippen MR) is 75.6 cm³/mol. The number of benzene rings is 1. The number of alkyl halides is 3. The van der Waals surface area contributed by atoms with E-state index in [0.29, 0.717) is 6.54 Å². The van der Waals surface area contributed by atoms with E-state index in [9.17, 15) is 13.2 Å². The molecule has 0 unspecified atom stereocenters. The zero-order valence-corrected chi connectivity index (χ0v) is 12.2. The van der Waals surface area contributed by atoms with E-state index in [0.717, 1.165) is 11.1 Å². The van der Waals surface area contributed by atoms with Gasteiger partial charge in [-0.05, 0) is 25.1 Å². The van der Waals surface area contributed by atoms with Crippen molar-refractivity contribution in [2.24, 2.45) is 0 Å². The quantitative estimate of drug-likeness (QED) is 0.843. The molecule has 0 saturated heterocycles. The maximum absolute atomic E-state index is 13.3. The van der Waals surface area contributed by atoms with E-state index >= 15 is 0 Å². The lowest BCUT2D eigenvalue weighted by atomic mass is 10.2. The number of para-hydroxylation sites is 1. The summed E-state index contributed by atoms with van der Waals surface area (Å²) in [6, 6.07) is 6.33. The number of halogens is 4. The van der Waals surface area contributed by atoms with Crippen molar-refractivity contribution >= 4 is 11.6 Å². The molecule has 21 heavy (non-hydrogen) atoms. The molecule has 0 spiro atoms. The van der Waals surface area contributed by atoms with Gasteiger partial charge in [0.25, 0.3) is 0 Å². The van der Waals surface area contributed by atoms with Gasteiger partial charge in [-0.3, -0.25) is 0 Å². The Morgan fingerprint density at radius 2 is 2.00 bits per heavy atom. The van der Waals surface area contributed by atoms with Gasteiger partial charge in [0.1, 0.15) is 0 Å². The van der Waals surface area contributed by atoms with Crippen LogP contribution in [0.2, 0.25) is 5.02 Å². The molecule has 0 fully saturated rings. The lowest BCUT2D eigenvalue weighted by molar-refractivity contribution is -0.143. The van der Waals surface area contributed by atoms with Gasteiger partial charge in [-0.2, -0.15) is 18.3 Å². The Morgan fingerprint density at radius 3 is 2.62 bits per heavy atom. The van der Waals surface area contributed by atoms with Crippen LogP contribution in [0.3, 0.4) is 0 Å². The molecule has 0 aliphatic carbocycles. The first-order chi connectivity index (χ1) is 9.95. The van der Waals surface area contributed by atoms with E-state index in [1.54, 1.807) is 12.1 Å². The fourth-order valence-electron chi connectivity index (χ4n) is 2.02. The molecule has 0 aliphatic heterocycles. The molecule has 1 aromatic carbocycles. The van der Waals surface area contributed by atoms with Crippen LogP contribution in [0.5, 0.6) is 0 Å². The number of hydrogen-bond acceptors (Lipinski definition) is 2. The molecular formula is C14H15ClF3N3. The molecule has 1 aromatic heterocycles. The van der Waals surface area contributed by atoms with E-state index in [1.807, 2.05) is 6.92 Å². The van der Waals surface area contributed by atoms with E-state index in [-0.39, 0.29) is 22.8 Å². The monoisotopic (exact) mass is 317 g/mol. The Labute approximate surface area is 125 Å². The lowest BCUT2D eigenvalue weighted by Crippen LogP contribution is -2.20. The average molecular weight is 318 g/mol. The Kier molecular flexibility index (Phi) is 4.90. The predicted octanol–water partition coefficient (Wildman–Crippen LogP) is 4.04. The van der Waals surface area contributed by atoms with E-state index in [2.05, 4.69) is 10.4 Å². The minimum atomic E-state index is -4.50. The summed E-state index contributed by atoms with van der Waals surface area (Å²) in [7, 11) is 0. The molecule has 2 rings (SSSR count). The van der Waals surface area contributed by atoms with Crippen molar-refractivity contribution in [1.82, 2.24) is 15.1 Å². The van der Waals surface area contributed by atoms with Crippen LogP contribution in [0.25, 0.3) is 5.69 Å². The average Bonchev–Trinajstić information content (AvgIpc) is 2.83. The van der Waals surface area contributed by atoms with Crippen LogP contribution in [0.15, 0.2) is 30.5 Å². The van der Waals surface area contributed by atoms with Crippen molar-refractivity contribution in [3.63, 3.8) is 0 Å². The molecule has 1 N–H and O–H groups in total. The summed E-state index contributed by atoms with van der Waals surface area (Å²) in [5.74, 6) is 0. The van der Waals surface area contributed by atoms with Gasteiger partial charge in [-0.25, -0.2) is 4.68 Å². The summed E-state index contributed by atoms with van der Waals surface area (Å²) in [6.45, 7) is 2.71. The van der Waals surface area contributed by atoms with Gasteiger partial charge in [0.2, 0.25) is 0 Å². The molecule has 7 heteroatoms. The molecule has 2 aromatic rings. The molecule has 0 aliphatic rings. The minimum absolute atomic E-state index is 0.107. The van der Waals surface area contributed by atoms with Crippen LogP contribution < -0.4 is 5.32 Å². The van der Waals surface area contributed by atoms with Crippen molar-refractivity contribution in [2.75, 3.05) is 6.54 Å². The normalized spacial score (nSPS) is 11.9. The first kappa shape index (κ1) is 15.9. The maximum atomic E-state index is 13.3. The fourth-order valence-corrected chi connectivity index (χ4v) is 2.24. The van der Waals surface area contributed by atoms with Crippen LogP contribution in [0, 0.1) is 0 Å². The molecule has 0 amide bonds. The van der Waals surface area contributed by atoms with Crippen molar-refractivity contribution in [3.8, 4) is 5.69 Å². The summed E-state index contributed by atoms with van der Waals surface area (Å²) in [5, 5.41) is 7.04. The topological polar surface area (TPSA) is 29.9 Å².